The van der Waals surface area contributed by atoms with E-state index in [4.69, 9.17) is 9.84 Å². The minimum atomic E-state index is -1.04. The maximum atomic E-state index is 13.6. The molecule has 5 heteroatoms. The van der Waals surface area contributed by atoms with Crippen LogP contribution in [0.25, 0.3) is 0 Å². The Morgan fingerprint density at radius 2 is 1.88 bits per heavy atom. The third-order valence-electron chi connectivity index (χ3n) is 2.49. The van der Waals surface area contributed by atoms with Gasteiger partial charge in [-0.1, -0.05) is 19.1 Å². The summed E-state index contributed by atoms with van der Waals surface area (Å²) in [6.07, 6.45) is -0.0364. The highest BCUT2D eigenvalue weighted by Crippen LogP contribution is 2.19. The van der Waals surface area contributed by atoms with E-state index in [1.54, 1.807) is 0 Å². The van der Waals surface area contributed by atoms with Gasteiger partial charge in [-0.3, -0.25) is 4.79 Å². The van der Waals surface area contributed by atoms with Crippen LogP contribution in [0.4, 0.5) is 8.78 Å². The third-order valence-corrected chi connectivity index (χ3v) is 2.49. The highest BCUT2D eigenvalue weighted by molar-refractivity contribution is 5.69. The van der Waals surface area contributed by atoms with E-state index in [2.05, 4.69) is 0 Å². The zero-order valence-corrected chi connectivity index (χ0v) is 9.67. The summed E-state index contributed by atoms with van der Waals surface area (Å²) in [6.45, 7) is 1.43. The molecule has 0 aromatic heterocycles. The second kappa shape index (κ2) is 5.72. The predicted molar refractivity (Wildman–Crippen MR) is 57.6 cm³/mol. The van der Waals surface area contributed by atoms with Crippen molar-refractivity contribution in [3.8, 4) is 0 Å². The van der Waals surface area contributed by atoms with Crippen molar-refractivity contribution in [3.63, 3.8) is 0 Å². The van der Waals surface area contributed by atoms with Crippen molar-refractivity contribution in [2.45, 2.75) is 20.0 Å². The van der Waals surface area contributed by atoms with E-state index in [9.17, 15) is 13.6 Å². The molecule has 0 fully saturated rings. The van der Waals surface area contributed by atoms with Gasteiger partial charge in [0.25, 0.3) is 0 Å². The van der Waals surface area contributed by atoms with Gasteiger partial charge in [0.05, 0.1) is 12.5 Å². The Morgan fingerprint density at radius 1 is 1.35 bits per heavy atom. The molecule has 0 aliphatic carbocycles. The van der Waals surface area contributed by atoms with Crippen molar-refractivity contribution >= 4 is 5.97 Å². The highest BCUT2D eigenvalue weighted by atomic mass is 19.2. The van der Waals surface area contributed by atoms with Crippen LogP contribution in [0.3, 0.4) is 0 Å². The quantitative estimate of drug-likeness (QED) is 0.865. The number of ether oxygens (including phenoxy) is 1. The topological polar surface area (TPSA) is 46.5 Å². The Labute approximate surface area is 98.0 Å². The maximum absolute atomic E-state index is 13.6. The molecule has 0 saturated heterocycles. The summed E-state index contributed by atoms with van der Waals surface area (Å²) >= 11 is 0. The molecule has 0 aliphatic heterocycles. The number of carboxylic acids is 1. The second-order valence-electron chi connectivity index (χ2n) is 3.89. The lowest BCUT2D eigenvalue weighted by Crippen LogP contribution is -2.14. The van der Waals surface area contributed by atoms with Crippen LogP contribution in [-0.4, -0.2) is 18.2 Å². The number of hydrogen-bond acceptors (Lipinski definition) is 2. The Hall–Kier alpha value is -1.49. The molecular weight excluding hydrogens is 230 g/mol. The molecule has 0 heterocycles. The summed E-state index contributed by atoms with van der Waals surface area (Å²) < 4.78 is 31.8. The SMILES string of the molecule is COCc1ccc(CC(C)C(=O)O)c(F)c1F. The molecule has 17 heavy (non-hydrogen) atoms. The molecule has 0 spiro atoms. The summed E-state index contributed by atoms with van der Waals surface area (Å²) in [5.41, 5.74) is 0.189. The smallest absolute Gasteiger partial charge is 0.306 e. The van der Waals surface area contributed by atoms with Crippen LogP contribution >= 0.6 is 0 Å². The van der Waals surface area contributed by atoms with E-state index in [-0.39, 0.29) is 24.2 Å². The van der Waals surface area contributed by atoms with E-state index in [1.165, 1.54) is 26.2 Å². The lowest BCUT2D eigenvalue weighted by molar-refractivity contribution is -0.141. The highest BCUT2D eigenvalue weighted by Gasteiger charge is 2.18. The van der Waals surface area contributed by atoms with Gasteiger partial charge in [0.2, 0.25) is 0 Å². The Kier molecular flexibility index (Phi) is 4.57. The minimum absolute atomic E-state index is 0.0164. The molecule has 0 aliphatic rings. The number of carbonyl (C=O) groups is 1. The van der Waals surface area contributed by atoms with Crippen molar-refractivity contribution in [2.24, 2.45) is 5.92 Å². The largest absolute Gasteiger partial charge is 0.481 e. The molecule has 1 atom stereocenters. The van der Waals surface area contributed by atoms with E-state index in [0.29, 0.717) is 0 Å². The van der Waals surface area contributed by atoms with E-state index in [0.717, 1.165) is 0 Å². The molecule has 0 bridgehead atoms. The zero-order valence-electron chi connectivity index (χ0n) is 9.67. The van der Waals surface area contributed by atoms with Crippen LogP contribution in [0.5, 0.6) is 0 Å². The van der Waals surface area contributed by atoms with Gasteiger partial charge in [0, 0.05) is 12.7 Å². The molecular formula is C12H14F2O3. The number of aliphatic carboxylic acids is 1. The van der Waals surface area contributed by atoms with Gasteiger partial charge in [0.1, 0.15) is 0 Å². The molecule has 0 saturated carbocycles. The third kappa shape index (κ3) is 3.23. The summed E-state index contributed by atoms with van der Waals surface area (Å²) in [5.74, 6) is -3.75. The van der Waals surface area contributed by atoms with Crippen molar-refractivity contribution in [1.29, 1.82) is 0 Å². The number of methoxy groups -OCH3 is 1. The van der Waals surface area contributed by atoms with Crippen LogP contribution in [-0.2, 0) is 22.6 Å². The second-order valence-corrected chi connectivity index (χ2v) is 3.89. The maximum Gasteiger partial charge on any atom is 0.306 e. The van der Waals surface area contributed by atoms with Gasteiger partial charge in [-0.15, -0.1) is 0 Å². The number of hydrogen-bond donors (Lipinski definition) is 1. The molecule has 1 aromatic rings. The van der Waals surface area contributed by atoms with Crippen LogP contribution in [0.15, 0.2) is 12.1 Å². The van der Waals surface area contributed by atoms with E-state index < -0.39 is 23.5 Å². The first-order valence-corrected chi connectivity index (χ1v) is 5.14. The van der Waals surface area contributed by atoms with Gasteiger partial charge in [-0.05, 0) is 12.0 Å². The van der Waals surface area contributed by atoms with Crippen molar-refractivity contribution in [1.82, 2.24) is 0 Å². The monoisotopic (exact) mass is 244 g/mol. The minimum Gasteiger partial charge on any atom is -0.481 e. The molecule has 1 unspecified atom stereocenters. The van der Waals surface area contributed by atoms with Crippen molar-refractivity contribution < 1.29 is 23.4 Å². The lowest BCUT2D eigenvalue weighted by Gasteiger charge is -2.10. The van der Waals surface area contributed by atoms with Gasteiger partial charge in [-0.25, -0.2) is 8.78 Å². The first-order chi connectivity index (χ1) is 7.97. The van der Waals surface area contributed by atoms with E-state index in [1.807, 2.05) is 0 Å². The molecule has 3 nitrogen and oxygen atoms in total. The first-order valence-electron chi connectivity index (χ1n) is 5.14. The fourth-order valence-electron chi connectivity index (χ4n) is 1.47. The zero-order chi connectivity index (χ0) is 13.0. The van der Waals surface area contributed by atoms with Crippen LogP contribution in [0.2, 0.25) is 0 Å². The molecule has 0 amide bonds. The summed E-state index contributed by atoms with van der Waals surface area (Å²) in [4.78, 5) is 10.6. The predicted octanol–water partition coefficient (Wildman–Crippen LogP) is 2.37. The Balaban J connectivity index is 2.96. The Bertz CT molecular complexity index is 418. The van der Waals surface area contributed by atoms with Crippen molar-refractivity contribution in [2.75, 3.05) is 7.11 Å². The van der Waals surface area contributed by atoms with Gasteiger partial charge in [0.15, 0.2) is 11.6 Å². The van der Waals surface area contributed by atoms with Gasteiger partial charge >= 0.3 is 5.97 Å². The fraction of sp³-hybridized carbons (Fsp3) is 0.417. The fourth-order valence-corrected chi connectivity index (χ4v) is 1.47. The normalized spacial score (nSPS) is 12.5. The van der Waals surface area contributed by atoms with Crippen LogP contribution in [0.1, 0.15) is 18.1 Å². The molecule has 0 radical (unpaired) electrons. The first kappa shape index (κ1) is 13.6. The summed E-state index contributed by atoms with van der Waals surface area (Å²) in [5, 5.41) is 8.71. The molecule has 1 aromatic carbocycles. The van der Waals surface area contributed by atoms with Gasteiger partial charge < -0.3 is 9.84 Å². The molecule has 1 rings (SSSR count). The standard InChI is InChI=1S/C12H14F2O3/c1-7(12(15)16)5-8-3-4-9(6-17-2)11(14)10(8)13/h3-4,7H,5-6H2,1-2H3,(H,15,16). The molecule has 94 valence electrons. The lowest BCUT2D eigenvalue weighted by atomic mass is 9.99. The Morgan fingerprint density at radius 3 is 2.41 bits per heavy atom. The van der Waals surface area contributed by atoms with Gasteiger partial charge in [-0.2, -0.15) is 0 Å². The van der Waals surface area contributed by atoms with E-state index >= 15 is 0 Å². The average molecular weight is 244 g/mol. The number of benzene rings is 1. The molecule has 1 N–H and O–H groups in total. The summed E-state index contributed by atoms with van der Waals surface area (Å²) in [7, 11) is 1.39. The number of halogens is 2. The van der Waals surface area contributed by atoms with Crippen molar-refractivity contribution in [3.05, 3.63) is 34.9 Å². The summed E-state index contributed by atoms with van der Waals surface area (Å²) in [6, 6.07) is 2.80. The number of carboxylic acid groups (broad SMARTS) is 1. The van der Waals surface area contributed by atoms with Crippen LogP contribution < -0.4 is 0 Å². The average Bonchev–Trinajstić information content (AvgIpc) is 2.28. The van der Waals surface area contributed by atoms with Crippen LogP contribution in [0, 0.1) is 17.6 Å². The number of rotatable bonds is 5.